The third-order valence-corrected chi connectivity index (χ3v) is 6.76. The van der Waals surface area contributed by atoms with Gasteiger partial charge in [0.1, 0.15) is 35.2 Å². The number of piperidine rings is 1. The Bertz CT molecular complexity index is 1710. The predicted molar refractivity (Wildman–Crippen MR) is 157 cm³/mol. The van der Waals surface area contributed by atoms with Crippen LogP contribution in [0.1, 0.15) is 45.4 Å². The SMILES string of the molecule is Cc1cc(NC(=O)Nc2ccc(-c3nn(C4CCCN(C(=O)C(C#N)=CC(C)(C)C)C4)c4ncnc(N)c34)cc2)no1. The maximum Gasteiger partial charge on any atom is 0.324 e. The molecule has 0 spiro atoms. The number of hydrogen-bond acceptors (Lipinski definition) is 9. The molecular formula is C29H32N10O3. The molecule has 5 rings (SSSR count). The average Bonchev–Trinajstić information content (AvgIpc) is 3.55. The zero-order valence-corrected chi connectivity index (χ0v) is 23.9. The molecule has 13 heteroatoms. The van der Waals surface area contributed by atoms with E-state index >= 15 is 0 Å². The lowest BCUT2D eigenvalue weighted by atomic mass is 9.93. The maximum absolute atomic E-state index is 13.3. The lowest BCUT2D eigenvalue weighted by molar-refractivity contribution is -0.128. The second kappa shape index (κ2) is 11.3. The number of rotatable bonds is 5. The van der Waals surface area contributed by atoms with E-state index in [1.165, 1.54) is 6.33 Å². The number of carbonyl (C=O) groups is 2. The smallest absolute Gasteiger partial charge is 0.324 e. The number of fused-ring (bicyclic) bond motifs is 1. The summed E-state index contributed by atoms with van der Waals surface area (Å²) < 4.78 is 6.77. The summed E-state index contributed by atoms with van der Waals surface area (Å²) in [5.41, 5.74) is 8.60. The van der Waals surface area contributed by atoms with Gasteiger partial charge in [0.05, 0.1) is 11.4 Å². The molecule has 1 atom stereocenters. The number of aromatic nitrogens is 5. The van der Waals surface area contributed by atoms with Crippen molar-refractivity contribution in [1.82, 2.24) is 29.8 Å². The van der Waals surface area contributed by atoms with Gasteiger partial charge in [0, 0.05) is 30.4 Å². The van der Waals surface area contributed by atoms with Crippen LogP contribution in [0.25, 0.3) is 22.3 Å². The van der Waals surface area contributed by atoms with Crippen molar-refractivity contribution in [3.63, 3.8) is 0 Å². The molecule has 4 heterocycles. The number of hydrogen-bond donors (Lipinski definition) is 3. The van der Waals surface area contributed by atoms with Crippen LogP contribution in [0, 0.1) is 23.7 Å². The van der Waals surface area contributed by atoms with E-state index in [4.69, 9.17) is 15.4 Å². The first-order valence-electron chi connectivity index (χ1n) is 13.5. The minimum absolute atomic E-state index is 0.138. The highest BCUT2D eigenvalue weighted by atomic mass is 16.5. The van der Waals surface area contributed by atoms with Crippen molar-refractivity contribution in [1.29, 1.82) is 5.26 Å². The monoisotopic (exact) mass is 568 g/mol. The summed E-state index contributed by atoms with van der Waals surface area (Å²) in [4.78, 5) is 36.0. The molecule has 13 nitrogen and oxygen atoms in total. The predicted octanol–water partition coefficient (Wildman–Crippen LogP) is 4.68. The van der Waals surface area contributed by atoms with E-state index < -0.39 is 6.03 Å². The molecular weight excluding hydrogens is 536 g/mol. The summed E-state index contributed by atoms with van der Waals surface area (Å²) in [7, 11) is 0. The molecule has 0 bridgehead atoms. The number of benzene rings is 1. The molecule has 42 heavy (non-hydrogen) atoms. The topological polar surface area (TPSA) is 181 Å². The van der Waals surface area contributed by atoms with E-state index in [0.717, 1.165) is 18.4 Å². The highest BCUT2D eigenvalue weighted by Crippen LogP contribution is 2.34. The minimum atomic E-state index is -0.461. The average molecular weight is 569 g/mol. The van der Waals surface area contributed by atoms with Crippen LogP contribution in [0.5, 0.6) is 0 Å². The van der Waals surface area contributed by atoms with Gasteiger partial charge < -0.3 is 20.5 Å². The molecule has 1 aliphatic heterocycles. The number of likely N-dealkylation sites (tertiary alicyclic amines) is 1. The van der Waals surface area contributed by atoms with E-state index in [-0.39, 0.29) is 28.8 Å². The molecule has 1 unspecified atom stereocenters. The lowest BCUT2D eigenvalue weighted by Crippen LogP contribution is -2.41. The number of nitrogens with zero attached hydrogens (tertiary/aromatic N) is 7. The second-order valence-electron chi connectivity index (χ2n) is 11.3. The van der Waals surface area contributed by atoms with E-state index in [1.807, 2.05) is 32.9 Å². The van der Waals surface area contributed by atoms with Gasteiger partial charge in [0.2, 0.25) is 0 Å². The summed E-state index contributed by atoms with van der Waals surface area (Å²) in [6.07, 6.45) is 4.63. The molecule has 0 aliphatic carbocycles. The van der Waals surface area contributed by atoms with Crippen LogP contribution in [0.4, 0.5) is 22.1 Å². The fraction of sp³-hybridized carbons (Fsp3) is 0.345. The largest absolute Gasteiger partial charge is 0.383 e. The van der Waals surface area contributed by atoms with Crippen molar-refractivity contribution in [3.05, 3.63) is 54.1 Å². The van der Waals surface area contributed by atoms with Crippen molar-refractivity contribution in [2.75, 3.05) is 29.5 Å². The van der Waals surface area contributed by atoms with Crippen LogP contribution in [-0.2, 0) is 4.79 Å². The minimum Gasteiger partial charge on any atom is -0.383 e. The third kappa shape index (κ3) is 6.07. The second-order valence-corrected chi connectivity index (χ2v) is 11.3. The third-order valence-electron chi connectivity index (χ3n) is 6.76. The van der Waals surface area contributed by atoms with Gasteiger partial charge in [-0.15, -0.1) is 0 Å². The first kappa shape index (κ1) is 28.3. The molecule has 3 amide bonds. The maximum atomic E-state index is 13.3. The van der Waals surface area contributed by atoms with Crippen LogP contribution in [0.15, 0.2) is 52.8 Å². The Morgan fingerprint density at radius 2 is 1.95 bits per heavy atom. The number of nitriles is 1. The van der Waals surface area contributed by atoms with Gasteiger partial charge >= 0.3 is 6.03 Å². The van der Waals surface area contributed by atoms with Crippen LogP contribution in [0.2, 0.25) is 0 Å². The molecule has 0 saturated carbocycles. The summed E-state index contributed by atoms with van der Waals surface area (Å²) in [5.74, 6) is 0.899. The number of aryl methyl sites for hydroxylation is 1. The summed E-state index contributed by atoms with van der Waals surface area (Å²) in [5, 5.41) is 24.3. The van der Waals surface area contributed by atoms with Gasteiger partial charge in [-0.2, -0.15) is 10.4 Å². The van der Waals surface area contributed by atoms with Gasteiger partial charge in [-0.3, -0.25) is 10.1 Å². The molecule has 1 aromatic carbocycles. The van der Waals surface area contributed by atoms with Crippen LogP contribution in [0.3, 0.4) is 0 Å². The van der Waals surface area contributed by atoms with E-state index in [2.05, 4.69) is 31.8 Å². The molecule has 1 fully saturated rings. The molecule has 3 aromatic heterocycles. The number of nitrogens with two attached hydrogens (primary N) is 1. The van der Waals surface area contributed by atoms with Crippen molar-refractivity contribution in [2.24, 2.45) is 5.41 Å². The molecule has 216 valence electrons. The van der Waals surface area contributed by atoms with Crippen molar-refractivity contribution in [3.8, 4) is 17.3 Å². The Morgan fingerprint density at radius 1 is 1.19 bits per heavy atom. The van der Waals surface area contributed by atoms with Crippen LogP contribution < -0.4 is 16.4 Å². The Kier molecular flexibility index (Phi) is 7.62. The quantitative estimate of drug-likeness (QED) is 0.227. The number of carbonyl (C=O) groups excluding carboxylic acids is 2. The molecule has 4 N–H and O–H groups in total. The van der Waals surface area contributed by atoms with Crippen molar-refractivity contribution < 1.29 is 14.1 Å². The van der Waals surface area contributed by atoms with Crippen molar-refractivity contribution in [2.45, 2.75) is 46.6 Å². The summed E-state index contributed by atoms with van der Waals surface area (Å²) >= 11 is 0. The summed E-state index contributed by atoms with van der Waals surface area (Å²) in [6, 6.07) is 10.2. The van der Waals surface area contributed by atoms with Gasteiger partial charge in [0.25, 0.3) is 5.91 Å². The standard InChI is InChI=1S/C29H32N10O3/c1-17-12-22(37-42-17)35-28(41)34-20-9-7-18(8-10-20)24-23-25(31)32-16-33-26(23)39(36-24)21-6-5-11-38(15-21)27(40)19(14-30)13-29(2,3)4/h7-10,12-13,16,21H,5-6,11,15H2,1-4H3,(H2,31,32,33)(H2,34,35,37,41). The fourth-order valence-corrected chi connectivity index (χ4v) is 4.95. The number of nitrogen functional groups attached to an aromatic ring is 1. The molecule has 4 aromatic rings. The van der Waals surface area contributed by atoms with Crippen LogP contribution in [-0.4, -0.2) is 54.8 Å². The number of allylic oxidation sites excluding steroid dienone is 1. The van der Waals surface area contributed by atoms with Gasteiger partial charge in [-0.25, -0.2) is 19.4 Å². The number of amides is 3. The molecule has 1 aliphatic rings. The zero-order valence-electron chi connectivity index (χ0n) is 23.9. The van der Waals surface area contributed by atoms with E-state index in [9.17, 15) is 14.9 Å². The van der Waals surface area contributed by atoms with Gasteiger partial charge in [-0.05, 0) is 37.3 Å². The normalized spacial score (nSPS) is 15.8. The number of urea groups is 1. The van der Waals surface area contributed by atoms with Gasteiger partial charge in [0.15, 0.2) is 11.5 Å². The highest BCUT2D eigenvalue weighted by molar-refractivity contribution is 6.01. The van der Waals surface area contributed by atoms with Crippen molar-refractivity contribution >= 4 is 40.3 Å². The van der Waals surface area contributed by atoms with Crippen LogP contribution >= 0.6 is 0 Å². The Labute approximate surface area is 242 Å². The molecule has 0 radical (unpaired) electrons. The summed E-state index contributed by atoms with van der Waals surface area (Å²) in [6.45, 7) is 8.53. The number of nitrogens with one attached hydrogen (secondary N) is 2. The number of anilines is 3. The Balaban J connectivity index is 1.40. The van der Waals surface area contributed by atoms with E-state index in [0.29, 0.717) is 47.1 Å². The van der Waals surface area contributed by atoms with E-state index in [1.54, 1.807) is 40.8 Å². The zero-order chi connectivity index (χ0) is 30.0. The first-order valence-corrected chi connectivity index (χ1v) is 13.5. The first-order chi connectivity index (χ1) is 20.0. The fourth-order valence-electron chi connectivity index (χ4n) is 4.95. The molecule has 1 saturated heterocycles. The highest BCUT2D eigenvalue weighted by Gasteiger charge is 2.30. The Morgan fingerprint density at radius 3 is 2.62 bits per heavy atom. The van der Waals surface area contributed by atoms with Gasteiger partial charge in [-0.1, -0.05) is 44.1 Å². The Hall–Kier alpha value is -5.25. The lowest BCUT2D eigenvalue weighted by Gasteiger charge is -2.33.